The van der Waals surface area contributed by atoms with Gasteiger partial charge < -0.3 is 19.8 Å². The molecular weight excluding hydrogens is 302 g/mol. The van der Waals surface area contributed by atoms with Crippen LogP contribution in [0.25, 0.3) is 11.0 Å². The summed E-state index contributed by atoms with van der Waals surface area (Å²) < 4.78 is 11.4. The number of rotatable bonds is 9. The first-order valence-corrected chi connectivity index (χ1v) is 8.85. The second-order valence-corrected chi connectivity index (χ2v) is 6.30. The number of hydrogen-bond acceptors (Lipinski definition) is 3. The van der Waals surface area contributed by atoms with Crippen molar-refractivity contribution in [2.24, 2.45) is 10.9 Å². The van der Waals surface area contributed by atoms with Crippen LogP contribution in [0.1, 0.15) is 25.0 Å². The van der Waals surface area contributed by atoms with Crippen LogP contribution >= 0.6 is 0 Å². The molecule has 1 aromatic heterocycles. The molecule has 1 aromatic carbocycles. The summed E-state index contributed by atoms with van der Waals surface area (Å²) in [6.45, 7) is 3.41. The third-order valence-electron chi connectivity index (χ3n) is 4.17. The highest BCUT2D eigenvalue weighted by Crippen LogP contribution is 2.28. The van der Waals surface area contributed by atoms with E-state index in [1.165, 1.54) is 12.8 Å². The van der Waals surface area contributed by atoms with Crippen molar-refractivity contribution >= 4 is 16.9 Å². The van der Waals surface area contributed by atoms with E-state index < -0.39 is 0 Å². The number of benzene rings is 1. The number of furan rings is 1. The van der Waals surface area contributed by atoms with Crippen LogP contribution in [0.3, 0.4) is 0 Å². The lowest BCUT2D eigenvalue weighted by Crippen LogP contribution is -2.39. The summed E-state index contributed by atoms with van der Waals surface area (Å²) in [5.41, 5.74) is 0.946. The maximum atomic E-state index is 5.82. The van der Waals surface area contributed by atoms with E-state index >= 15 is 0 Å². The van der Waals surface area contributed by atoms with Crippen LogP contribution in [0.4, 0.5) is 0 Å². The van der Waals surface area contributed by atoms with Crippen LogP contribution in [0.2, 0.25) is 0 Å². The van der Waals surface area contributed by atoms with Gasteiger partial charge in [-0.1, -0.05) is 18.2 Å². The van der Waals surface area contributed by atoms with Crippen molar-refractivity contribution in [3.8, 4) is 0 Å². The van der Waals surface area contributed by atoms with Crippen molar-refractivity contribution in [3.05, 3.63) is 36.1 Å². The molecule has 3 rings (SSSR count). The van der Waals surface area contributed by atoms with Crippen LogP contribution in [0.5, 0.6) is 0 Å². The molecule has 130 valence electrons. The van der Waals surface area contributed by atoms with Gasteiger partial charge in [0.2, 0.25) is 0 Å². The van der Waals surface area contributed by atoms with Crippen molar-refractivity contribution in [1.29, 1.82) is 0 Å². The Kier molecular flexibility index (Phi) is 6.13. The van der Waals surface area contributed by atoms with Crippen LogP contribution in [0, 0.1) is 5.92 Å². The van der Waals surface area contributed by atoms with Gasteiger partial charge >= 0.3 is 0 Å². The second kappa shape index (κ2) is 8.73. The molecule has 1 aliphatic carbocycles. The van der Waals surface area contributed by atoms with Gasteiger partial charge in [-0.15, -0.1) is 0 Å². The molecule has 0 unspecified atom stereocenters. The topological polar surface area (TPSA) is 58.8 Å². The van der Waals surface area contributed by atoms with E-state index in [2.05, 4.69) is 27.8 Å². The van der Waals surface area contributed by atoms with Crippen molar-refractivity contribution in [2.75, 3.05) is 33.4 Å². The van der Waals surface area contributed by atoms with Crippen molar-refractivity contribution < 1.29 is 9.15 Å². The zero-order valence-electron chi connectivity index (χ0n) is 14.4. The number of para-hydroxylation sites is 1. The molecule has 1 fully saturated rings. The number of ether oxygens (including phenoxy) is 1. The average molecular weight is 329 g/mol. The van der Waals surface area contributed by atoms with Gasteiger partial charge in [0, 0.05) is 45.2 Å². The van der Waals surface area contributed by atoms with Crippen LogP contribution in [0.15, 0.2) is 39.7 Å². The lowest BCUT2D eigenvalue weighted by molar-refractivity contribution is 0.123. The first-order valence-electron chi connectivity index (χ1n) is 8.85. The molecule has 1 saturated carbocycles. The highest BCUT2D eigenvalue weighted by atomic mass is 16.5. The number of nitrogens with one attached hydrogen (secondary N) is 2. The number of nitrogens with zero attached hydrogens (tertiary/aromatic N) is 1. The Bertz CT molecular complexity index is 628. The molecule has 5 heteroatoms. The molecular formula is C19H27N3O2. The smallest absolute Gasteiger partial charge is 0.190 e. The minimum Gasteiger partial charge on any atom is -0.461 e. The van der Waals surface area contributed by atoms with Crippen LogP contribution < -0.4 is 10.6 Å². The third kappa shape index (κ3) is 5.27. The molecule has 0 saturated heterocycles. The van der Waals surface area contributed by atoms with Crippen molar-refractivity contribution in [2.45, 2.75) is 25.7 Å². The molecule has 1 heterocycles. The van der Waals surface area contributed by atoms with Gasteiger partial charge in [0.15, 0.2) is 5.96 Å². The summed E-state index contributed by atoms with van der Waals surface area (Å²) in [5, 5.41) is 7.79. The van der Waals surface area contributed by atoms with Crippen LogP contribution in [-0.2, 0) is 11.2 Å². The Hall–Kier alpha value is -2.01. The molecule has 0 bridgehead atoms. The van der Waals surface area contributed by atoms with E-state index in [-0.39, 0.29) is 0 Å². The van der Waals surface area contributed by atoms with E-state index in [9.17, 15) is 0 Å². The van der Waals surface area contributed by atoms with Gasteiger partial charge in [-0.25, -0.2) is 0 Å². The summed E-state index contributed by atoms with van der Waals surface area (Å²) in [6.07, 6.45) is 4.52. The van der Waals surface area contributed by atoms with Crippen molar-refractivity contribution in [3.63, 3.8) is 0 Å². The van der Waals surface area contributed by atoms with E-state index in [0.29, 0.717) is 0 Å². The third-order valence-corrected chi connectivity index (χ3v) is 4.17. The quantitative estimate of drug-likeness (QED) is 0.422. The number of hydrogen-bond donors (Lipinski definition) is 2. The first-order chi connectivity index (χ1) is 11.8. The zero-order chi connectivity index (χ0) is 16.6. The molecule has 2 aromatic rings. The predicted molar refractivity (Wildman–Crippen MR) is 97.4 cm³/mol. The molecule has 24 heavy (non-hydrogen) atoms. The van der Waals surface area contributed by atoms with E-state index in [1.54, 1.807) is 7.05 Å². The standard InChI is InChI=1S/C19H27N3O2/c1-20-19(21-10-4-12-23-14-15-7-8-15)22-11-9-17-13-16-5-2-3-6-18(16)24-17/h2-3,5-6,13,15H,4,7-12,14H2,1H3,(H2,20,21,22). The zero-order valence-corrected chi connectivity index (χ0v) is 14.4. The monoisotopic (exact) mass is 329 g/mol. The summed E-state index contributed by atoms with van der Waals surface area (Å²) >= 11 is 0. The fourth-order valence-corrected chi connectivity index (χ4v) is 2.60. The summed E-state index contributed by atoms with van der Waals surface area (Å²) in [7, 11) is 1.79. The van der Waals surface area contributed by atoms with Gasteiger partial charge in [-0.2, -0.15) is 0 Å². The van der Waals surface area contributed by atoms with E-state index in [1.807, 2.05) is 18.2 Å². The average Bonchev–Trinajstić information content (AvgIpc) is 3.33. The van der Waals surface area contributed by atoms with Gasteiger partial charge in [0.25, 0.3) is 0 Å². The highest BCUT2D eigenvalue weighted by Gasteiger charge is 2.20. The Morgan fingerprint density at radius 1 is 1.25 bits per heavy atom. The molecule has 0 spiro atoms. The molecule has 0 atom stereocenters. The molecule has 5 nitrogen and oxygen atoms in total. The summed E-state index contributed by atoms with van der Waals surface area (Å²) in [6, 6.07) is 10.2. The van der Waals surface area contributed by atoms with Gasteiger partial charge in [-0.05, 0) is 37.3 Å². The second-order valence-electron chi connectivity index (χ2n) is 6.30. The number of guanidine groups is 1. The molecule has 0 amide bonds. The lowest BCUT2D eigenvalue weighted by atomic mass is 10.2. The molecule has 0 radical (unpaired) electrons. The van der Waals surface area contributed by atoms with E-state index in [4.69, 9.17) is 9.15 Å². The highest BCUT2D eigenvalue weighted by molar-refractivity contribution is 5.79. The minimum atomic E-state index is 0.789. The number of fused-ring (bicyclic) bond motifs is 1. The van der Waals surface area contributed by atoms with Gasteiger partial charge in [-0.3, -0.25) is 4.99 Å². The fourth-order valence-electron chi connectivity index (χ4n) is 2.60. The molecule has 2 N–H and O–H groups in total. The summed E-state index contributed by atoms with van der Waals surface area (Å²) in [5.74, 6) is 2.66. The number of aliphatic imine (C=N–C) groups is 1. The van der Waals surface area contributed by atoms with Gasteiger partial charge in [0.05, 0.1) is 0 Å². The Morgan fingerprint density at radius 3 is 2.88 bits per heavy atom. The fraction of sp³-hybridized carbons (Fsp3) is 0.526. The minimum absolute atomic E-state index is 0.789. The normalized spacial score (nSPS) is 15.0. The largest absolute Gasteiger partial charge is 0.461 e. The SMILES string of the molecule is CN=C(NCCCOCC1CC1)NCCc1cc2ccccc2o1. The van der Waals surface area contributed by atoms with Gasteiger partial charge in [0.1, 0.15) is 11.3 Å². The Labute approximate surface area is 143 Å². The first kappa shape index (κ1) is 16.8. The Balaban J connectivity index is 1.30. The molecule has 1 aliphatic rings. The van der Waals surface area contributed by atoms with Crippen molar-refractivity contribution in [1.82, 2.24) is 10.6 Å². The predicted octanol–water partition coefficient (Wildman–Crippen LogP) is 2.96. The summed E-state index contributed by atoms with van der Waals surface area (Å²) in [4.78, 5) is 4.24. The Morgan fingerprint density at radius 2 is 2.08 bits per heavy atom. The van der Waals surface area contributed by atoms with Crippen LogP contribution in [-0.4, -0.2) is 39.3 Å². The lowest BCUT2D eigenvalue weighted by Gasteiger charge is -2.11. The van der Waals surface area contributed by atoms with E-state index in [0.717, 1.165) is 67.8 Å². The molecule has 0 aliphatic heterocycles. The maximum absolute atomic E-state index is 5.82. The maximum Gasteiger partial charge on any atom is 0.190 e.